The Bertz CT molecular complexity index is 586. The Morgan fingerprint density at radius 2 is 2.05 bits per heavy atom. The molecule has 3 rings (SSSR count). The summed E-state index contributed by atoms with van der Waals surface area (Å²) in [6.45, 7) is 9.26. The first kappa shape index (κ1) is 15.0. The van der Waals surface area contributed by atoms with Gasteiger partial charge in [0, 0.05) is 23.3 Å². The molecular weight excluding hydrogens is 276 g/mol. The summed E-state index contributed by atoms with van der Waals surface area (Å²) in [6.07, 6.45) is 3.68. The van der Waals surface area contributed by atoms with E-state index in [1.807, 2.05) is 11.3 Å². The highest BCUT2D eigenvalue weighted by molar-refractivity contribution is 7.17. The molecular formula is C18H26N2S. The zero-order valence-electron chi connectivity index (χ0n) is 13.2. The van der Waals surface area contributed by atoms with Gasteiger partial charge in [-0.3, -0.25) is 4.90 Å². The first-order valence-corrected chi connectivity index (χ1v) is 9.07. The number of fused-ring (bicyclic) bond motifs is 1. The molecule has 2 aromatic rings. The Morgan fingerprint density at radius 1 is 1.24 bits per heavy atom. The van der Waals surface area contributed by atoms with E-state index >= 15 is 0 Å². The molecule has 21 heavy (non-hydrogen) atoms. The number of rotatable bonds is 4. The smallest absolute Gasteiger partial charge is 0.0346 e. The number of nitrogens with zero attached hydrogens (tertiary/aromatic N) is 1. The molecule has 0 unspecified atom stereocenters. The zero-order chi connectivity index (χ0) is 14.7. The fourth-order valence-corrected chi connectivity index (χ4v) is 4.43. The minimum absolute atomic E-state index is 0.308. The van der Waals surface area contributed by atoms with Crippen LogP contribution >= 0.6 is 11.3 Å². The molecule has 2 heterocycles. The Balaban J connectivity index is 1.80. The molecule has 1 aliphatic heterocycles. The summed E-state index contributed by atoms with van der Waals surface area (Å²) in [5.74, 6) is 0. The van der Waals surface area contributed by atoms with Crippen LogP contribution in [-0.2, 0) is 6.54 Å². The Kier molecular flexibility index (Phi) is 4.63. The number of hydrogen-bond donors (Lipinski definition) is 1. The van der Waals surface area contributed by atoms with E-state index in [9.17, 15) is 0 Å². The highest BCUT2D eigenvalue weighted by atomic mass is 32.1. The van der Waals surface area contributed by atoms with Crippen molar-refractivity contribution in [3.05, 3.63) is 35.2 Å². The van der Waals surface area contributed by atoms with Gasteiger partial charge in [0.15, 0.2) is 0 Å². The van der Waals surface area contributed by atoms with Gasteiger partial charge in [-0.1, -0.05) is 32.0 Å². The molecule has 1 N–H and O–H groups in total. The van der Waals surface area contributed by atoms with Crippen LogP contribution in [0.2, 0.25) is 0 Å². The summed E-state index contributed by atoms with van der Waals surface area (Å²) in [7, 11) is 0. The Morgan fingerprint density at radius 3 is 2.86 bits per heavy atom. The number of benzene rings is 1. The Hall–Kier alpha value is -0.900. The van der Waals surface area contributed by atoms with Crippen LogP contribution in [0.5, 0.6) is 0 Å². The van der Waals surface area contributed by atoms with Crippen LogP contribution in [-0.4, -0.2) is 30.1 Å². The van der Waals surface area contributed by atoms with E-state index in [0.717, 1.165) is 13.1 Å². The van der Waals surface area contributed by atoms with E-state index in [1.165, 1.54) is 48.0 Å². The topological polar surface area (TPSA) is 15.3 Å². The summed E-state index contributed by atoms with van der Waals surface area (Å²) in [5.41, 5.74) is 1.81. The molecule has 114 valence electrons. The molecule has 0 radical (unpaired) electrons. The third-order valence-electron chi connectivity index (χ3n) is 4.99. The van der Waals surface area contributed by atoms with Crippen molar-refractivity contribution in [2.75, 3.05) is 19.6 Å². The molecule has 1 saturated heterocycles. The van der Waals surface area contributed by atoms with Crippen molar-refractivity contribution in [3.63, 3.8) is 0 Å². The van der Waals surface area contributed by atoms with Crippen LogP contribution < -0.4 is 5.32 Å². The van der Waals surface area contributed by atoms with Crippen molar-refractivity contribution in [1.29, 1.82) is 0 Å². The van der Waals surface area contributed by atoms with Gasteiger partial charge in [0.1, 0.15) is 0 Å². The predicted octanol–water partition coefficient (Wildman–Crippen LogP) is 4.26. The lowest BCUT2D eigenvalue weighted by molar-refractivity contribution is 0.191. The van der Waals surface area contributed by atoms with Crippen LogP contribution in [0, 0.1) is 0 Å². The molecule has 0 amide bonds. The molecule has 2 nitrogen and oxygen atoms in total. The van der Waals surface area contributed by atoms with Crippen LogP contribution in [0.1, 0.15) is 38.7 Å². The average Bonchev–Trinajstić information content (AvgIpc) is 2.81. The lowest BCUT2D eigenvalue weighted by atomic mass is 9.92. The van der Waals surface area contributed by atoms with Gasteiger partial charge in [0.05, 0.1) is 0 Å². The molecule has 0 saturated carbocycles. The van der Waals surface area contributed by atoms with Gasteiger partial charge in [-0.25, -0.2) is 0 Å². The summed E-state index contributed by atoms with van der Waals surface area (Å²) < 4.78 is 1.41. The molecule has 3 heteroatoms. The summed E-state index contributed by atoms with van der Waals surface area (Å²) in [4.78, 5) is 2.65. The standard InChI is InChI=1S/C18H26N2S/c1-3-18(4-2)14-20(11-7-10-19-18)12-15-13-21-17-9-6-5-8-16(15)17/h5-6,8-9,13,19H,3-4,7,10-12,14H2,1-2H3. The normalized spacial score (nSPS) is 19.7. The molecule has 0 aliphatic carbocycles. The molecule has 1 aromatic heterocycles. The fourth-order valence-electron chi connectivity index (χ4n) is 3.47. The zero-order valence-corrected chi connectivity index (χ0v) is 14.0. The van der Waals surface area contributed by atoms with Gasteiger partial charge in [-0.2, -0.15) is 0 Å². The van der Waals surface area contributed by atoms with Crippen LogP contribution in [0.4, 0.5) is 0 Å². The van der Waals surface area contributed by atoms with Crippen LogP contribution in [0.3, 0.4) is 0 Å². The van der Waals surface area contributed by atoms with Gasteiger partial charge in [0.25, 0.3) is 0 Å². The first-order valence-electron chi connectivity index (χ1n) is 8.19. The largest absolute Gasteiger partial charge is 0.310 e. The van der Waals surface area contributed by atoms with Crippen molar-refractivity contribution < 1.29 is 0 Å². The van der Waals surface area contributed by atoms with E-state index in [-0.39, 0.29) is 0 Å². The summed E-state index contributed by atoms with van der Waals surface area (Å²) >= 11 is 1.88. The molecule has 1 aromatic carbocycles. The quantitative estimate of drug-likeness (QED) is 0.908. The van der Waals surface area contributed by atoms with Gasteiger partial charge in [0.2, 0.25) is 0 Å². The highest BCUT2D eigenvalue weighted by Crippen LogP contribution is 2.28. The van der Waals surface area contributed by atoms with Gasteiger partial charge in [-0.05, 0) is 54.7 Å². The van der Waals surface area contributed by atoms with E-state index in [4.69, 9.17) is 0 Å². The predicted molar refractivity (Wildman–Crippen MR) is 93.0 cm³/mol. The van der Waals surface area contributed by atoms with Gasteiger partial charge < -0.3 is 5.32 Å². The van der Waals surface area contributed by atoms with Crippen LogP contribution in [0.15, 0.2) is 29.6 Å². The van der Waals surface area contributed by atoms with Gasteiger partial charge in [-0.15, -0.1) is 11.3 Å². The van der Waals surface area contributed by atoms with Gasteiger partial charge >= 0.3 is 0 Å². The minimum atomic E-state index is 0.308. The maximum absolute atomic E-state index is 3.80. The molecule has 1 fully saturated rings. The number of thiophene rings is 1. The third kappa shape index (κ3) is 3.15. The second kappa shape index (κ2) is 6.47. The minimum Gasteiger partial charge on any atom is -0.310 e. The van der Waals surface area contributed by atoms with Crippen molar-refractivity contribution in [2.45, 2.75) is 45.2 Å². The van der Waals surface area contributed by atoms with E-state index in [1.54, 1.807) is 0 Å². The second-order valence-corrected chi connectivity index (χ2v) is 7.15. The molecule has 0 atom stereocenters. The summed E-state index contributed by atoms with van der Waals surface area (Å²) in [6, 6.07) is 8.79. The second-order valence-electron chi connectivity index (χ2n) is 6.24. The maximum atomic E-state index is 3.80. The maximum Gasteiger partial charge on any atom is 0.0346 e. The number of nitrogens with one attached hydrogen (secondary N) is 1. The lowest BCUT2D eigenvalue weighted by Gasteiger charge is -2.35. The first-order chi connectivity index (χ1) is 10.3. The molecule has 1 aliphatic rings. The average molecular weight is 302 g/mol. The number of hydrogen-bond acceptors (Lipinski definition) is 3. The fraction of sp³-hybridized carbons (Fsp3) is 0.556. The highest BCUT2D eigenvalue weighted by Gasteiger charge is 2.30. The van der Waals surface area contributed by atoms with Crippen molar-refractivity contribution >= 4 is 21.4 Å². The third-order valence-corrected chi connectivity index (χ3v) is 6.00. The SMILES string of the molecule is CCC1(CC)CN(Cc2csc3ccccc23)CCCN1. The Labute approximate surface area is 132 Å². The van der Waals surface area contributed by atoms with Crippen molar-refractivity contribution in [1.82, 2.24) is 10.2 Å². The monoisotopic (exact) mass is 302 g/mol. The van der Waals surface area contributed by atoms with Crippen molar-refractivity contribution in [2.24, 2.45) is 0 Å². The van der Waals surface area contributed by atoms with E-state index < -0.39 is 0 Å². The van der Waals surface area contributed by atoms with Crippen LogP contribution in [0.25, 0.3) is 10.1 Å². The molecule has 0 bridgehead atoms. The lowest BCUT2D eigenvalue weighted by Crippen LogP contribution is -2.50. The molecule has 0 spiro atoms. The van der Waals surface area contributed by atoms with E-state index in [0.29, 0.717) is 5.54 Å². The van der Waals surface area contributed by atoms with Crippen molar-refractivity contribution in [3.8, 4) is 0 Å². The van der Waals surface area contributed by atoms with E-state index in [2.05, 4.69) is 53.7 Å². The summed E-state index contributed by atoms with van der Waals surface area (Å²) in [5, 5.41) is 7.59.